The van der Waals surface area contributed by atoms with Crippen molar-refractivity contribution in [3.8, 4) is 0 Å². The van der Waals surface area contributed by atoms with E-state index in [-0.39, 0.29) is 0 Å². The predicted molar refractivity (Wildman–Crippen MR) is 72.9 cm³/mol. The maximum absolute atomic E-state index is 11.8. The van der Waals surface area contributed by atoms with Gasteiger partial charge in [0.25, 0.3) is 0 Å². The SMILES string of the molecule is O=[PH](OCCCN1CCOCC1)c1ccccc1. The van der Waals surface area contributed by atoms with Gasteiger partial charge in [-0.05, 0) is 18.6 Å². The van der Waals surface area contributed by atoms with Gasteiger partial charge in [-0.3, -0.25) is 9.46 Å². The van der Waals surface area contributed by atoms with E-state index in [9.17, 15) is 4.57 Å². The van der Waals surface area contributed by atoms with E-state index in [0.29, 0.717) is 6.61 Å². The van der Waals surface area contributed by atoms with Crippen LogP contribution in [0.4, 0.5) is 0 Å². The molecule has 0 amide bonds. The average molecular weight is 269 g/mol. The Balaban J connectivity index is 1.62. The van der Waals surface area contributed by atoms with E-state index in [2.05, 4.69) is 4.90 Å². The lowest BCUT2D eigenvalue weighted by atomic mass is 10.3. The Bertz CT molecular complexity index is 366. The van der Waals surface area contributed by atoms with E-state index in [1.54, 1.807) is 0 Å². The van der Waals surface area contributed by atoms with E-state index in [4.69, 9.17) is 9.26 Å². The third kappa shape index (κ3) is 4.54. The van der Waals surface area contributed by atoms with Gasteiger partial charge in [0.1, 0.15) is 0 Å². The lowest BCUT2D eigenvalue weighted by molar-refractivity contribution is 0.0359. The second-order valence-electron chi connectivity index (χ2n) is 4.31. The average Bonchev–Trinajstić information content (AvgIpc) is 2.45. The van der Waals surface area contributed by atoms with E-state index in [0.717, 1.165) is 44.6 Å². The van der Waals surface area contributed by atoms with Crippen LogP contribution in [0.15, 0.2) is 30.3 Å². The Morgan fingerprint density at radius 2 is 1.94 bits per heavy atom. The zero-order valence-corrected chi connectivity index (χ0v) is 11.5. The molecule has 2 rings (SSSR count). The van der Waals surface area contributed by atoms with Gasteiger partial charge in [-0.25, -0.2) is 0 Å². The van der Waals surface area contributed by atoms with Gasteiger partial charge in [0.2, 0.25) is 8.03 Å². The summed E-state index contributed by atoms with van der Waals surface area (Å²) in [5.74, 6) is 0. The lowest BCUT2D eigenvalue weighted by Crippen LogP contribution is -2.37. The van der Waals surface area contributed by atoms with Crippen molar-refractivity contribution < 1.29 is 13.8 Å². The van der Waals surface area contributed by atoms with E-state index in [1.807, 2.05) is 30.3 Å². The van der Waals surface area contributed by atoms with E-state index in [1.165, 1.54) is 0 Å². The van der Waals surface area contributed by atoms with Crippen molar-refractivity contribution in [2.24, 2.45) is 0 Å². The molecule has 0 aliphatic carbocycles. The molecule has 0 aromatic heterocycles. The molecule has 4 nitrogen and oxygen atoms in total. The number of hydrogen-bond donors (Lipinski definition) is 0. The molecule has 1 fully saturated rings. The highest BCUT2D eigenvalue weighted by molar-refractivity contribution is 7.48. The molecule has 5 heteroatoms. The highest BCUT2D eigenvalue weighted by atomic mass is 31.1. The maximum atomic E-state index is 11.8. The highest BCUT2D eigenvalue weighted by Gasteiger charge is 2.09. The molecule has 0 N–H and O–H groups in total. The molecular formula is C13H20NO3P. The number of ether oxygens (including phenoxy) is 1. The van der Waals surface area contributed by atoms with Gasteiger partial charge in [-0.15, -0.1) is 0 Å². The van der Waals surface area contributed by atoms with Crippen LogP contribution in [-0.2, 0) is 13.8 Å². The van der Waals surface area contributed by atoms with Gasteiger partial charge in [0.15, 0.2) is 0 Å². The Kier molecular flexibility index (Phi) is 5.88. The van der Waals surface area contributed by atoms with Gasteiger partial charge in [-0.1, -0.05) is 18.2 Å². The fourth-order valence-electron chi connectivity index (χ4n) is 1.94. The fourth-order valence-corrected chi connectivity index (χ4v) is 2.90. The van der Waals surface area contributed by atoms with Crippen molar-refractivity contribution in [1.29, 1.82) is 0 Å². The Labute approximate surface area is 109 Å². The van der Waals surface area contributed by atoms with Crippen LogP contribution in [-0.4, -0.2) is 44.4 Å². The van der Waals surface area contributed by atoms with Crippen LogP contribution in [0, 0.1) is 0 Å². The van der Waals surface area contributed by atoms with Crippen LogP contribution >= 0.6 is 8.03 Å². The predicted octanol–water partition coefficient (Wildman–Crippen LogP) is 1.53. The standard InChI is InChI=1S/C13H20NO3P/c15-18(13-5-2-1-3-6-13)17-10-4-7-14-8-11-16-12-9-14/h1-3,5-6,18H,4,7-12H2. The first-order valence-corrected chi connectivity index (χ1v) is 7.70. The zero-order chi connectivity index (χ0) is 12.6. The summed E-state index contributed by atoms with van der Waals surface area (Å²) >= 11 is 0. The van der Waals surface area contributed by atoms with E-state index < -0.39 is 8.03 Å². The summed E-state index contributed by atoms with van der Waals surface area (Å²) in [7, 11) is -2.06. The Morgan fingerprint density at radius 3 is 2.67 bits per heavy atom. The van der Waals surface area contributed by atoms with Crippen molar-refractivity contribution in [3.63, 3.8) is 0 Å². The molecule has 1 aromatic rings. The van der Waals surface area contributed by atoms with Crippen LogP contribution in [0.5, 0.6) is 0 Å². The quantitative estimate of drug-likeness (QED) is 0.580. The van der Waals surface area contributed by atoms with Crippen LogP contribution in [0.25, 0.3) is 0 Å². The van der Waals surface area contributed by atoms with Gasteiger partial charge in [-0.2, -0.15) is 0 Å². The van der Waals surface area contributed by atoms with Crippen LogP contribution in [0.2, 0.25) is 0 Å². The second kappa shape index (κ2) is 7.70. The highest BCUT2D eigenvalue weighted by Crippen LogP contribution is 2.21. The van der Waals surface area contributed by atoms with E-state index >= 15 is 0 Å². The minimum Gasteiger partial charge on any atom is -0.379 e. The minimum absolute atomic E-state index is 0.560. The fraction of sp³-hybridized carbons (Fsp3) is 0.538. The summed E-state index contributed by atoms with van der Waals surface area (Å²) in [6, 6.07) is 9.38. The maximum Gasteiger partial charge on any atom is 0.220 e. The summed E-state index contributed by atoms with van der Waals surface area (Å²) < 4.78 is 22.5. The molecule has 0 spiro atoms. The summed E-state index contributed by atoms with van der Waals surface area (Å²) in [4.78, 5) is 2.35. The Morgan fingerprint density at radius 1 is 1.22 bits per heavy atom. The van der Waals surface area contributed by atoms with Crippen molar-refractivity contribution in [2.45, 2.75) is 6.42 Å². The topological polar surface area (TPSA) is 38.8 Å². The number of benzene rings is 1. The molecule has 100 valence electrons. The third-order valence-corrected chi connectivity index (χ3v) is 4.24. The summed E-state index contributed by atoms with van der Waals surface area (Å²) in [6.45, 7) is 5.18. The molecule has 0 saturated carbocycles. The van der Waals surface area contributed by atoms with Gasteiger partial charge in [0, 0.05) is 24.9 Å². The number of nitrogens with zero attached hydrogens (tertiary/aromatic N) is 1. The molecular weight excluding hydrogens is 249 g/mol. The number of hydrogen-bond acceptors (Lipinski definition) is 4. The first kappa shape index (κ1) is 13.8. The molecule has 1 unspecified atom stereocenters. The number of rotatable bonds is 6. The molecule has 1 aromatic carbocycles. The van der Waals surface area contributed by atoms with Gasteiger partial charge < -0.3 is 9.26 Å². The Hall–Kier alpha value is -0.670. The molecule has 1 atom stereocenters. The molecule has 1 heterocycles. The molecule has 18 heavy (non-hydrogen) atoms. The monoisotopic (exact) mass is 269 g/mol. The minimum atomic E-state index is -2.06. The zero-order valence-electron chi connectivity index (χ0n) is 10.5. The van der Waals surface area contributed by atoms with Gasteiger partial charge in [0.05, 0.1) is 19.8 Å². The third-order valence-electron chi connectivity index (χ3n) is 2.97. The molecule has 1 saturated heterocycles. The van der Waals surface area contributed by atoms with Crippen molar-refractivity contribution in [3.05, 3.63) is 30.3 Å². The summed E-state index contributed by atoms with van der Waals surface area (Å²) in [6.07, 6.45) is 0.920. The van der Waals surface area contributed by atoms with Crippen LogP contribution in [0.1, 0.15) is 6.42 Å². The molecule has 1 aliphatic heterocycles. The van der Waals surface area contributed by atoms with Crippen LogP contribution < -0.4 is 5.30 Å². The summed E-state index contributed by atoms with van der Waals surface area (Å²) in [5.41, 5.74) is 0. The largest absolute Gasteiger partial charge is 0.379 e. The van der Waals surface area contributed by atoms with Crippen molar-refractivity contribution >= 4 is 13.3 Å². The second-order valence-corrected chi connectivity index (χ2v) is 5.75. The molecule has 1 aliphatic rings. The summed E-state index contributed by atoms with van der Waals surface area (Å²) in [5, 5.41) is 0.800. The van der Waals surface area contributed by atoms with Crippen molar-refractivity contribution in [2.75, 3.05) is 39.5 Å². The smallest absolute Gasteiger partial charge is 0.220 e. The van der Waals surface area contributed by atoms with Crippen molar-refractivity contribution in [1.82, 2.24) is 4.90 Å². The normalized spacial score (nSPS) is 18.7. The number of morpholine rings is 1. The van der Waals surface area contributed by atoms with Gasteiger partial charge >= 0.3 is 0 Å². The molecule has 0 radical (unpaired) electrons. The first-order chi connectivity index (χ1) is 8.86. The molecule has 0 bridgehead atoms. The lowest BCUT2D eigenvalue weighted by Gasteiger charge is -2.26. The first-order valence-electron chi connectivity index (χ1n) is 6.38. The van der Waals surface area contributed by atoms with Crippen LogP contribution in [0.3, 0.4) is 0 Å².